The molecule has 0 aromatic heterocycles. The van der Waals surface area contributed by atoms with E-state index in [1.165, 1.54) is 4.31 Å². The summed E-state index contributed by atoms with van der Waals surface area (Å²) in [4.78, 5) is 14.5. The van der Waals surface area contributed by atoms with Gasteiger partial charge in [-0.15, -0.1) is 0 Å². The number of likely N-dealkylation sites (tertiary alicyclic amines) is 1. The Hall–Kier alpha value is -1.27. The molecule has 0 radical (unpaired) electrons. The van der Waals surface area contributed by atoms with E-state index >= 15 is 0 Å². The summed E-state index contributed by atoms with van der Waals surface area (Å²) >= 11 is 6.32. The minimum Gasteiger partial charge on any atom is -0.338 e. The zero-order chi connectivity index (χ0) is 17.3. The smallest absolute Gasteiger partial charge is 0.255 e. The molecule has 2 heterocycles. The topological polar surface area (TPSA) is 57.7 Å². The SMILES string of the molecule is CC1CCCN(C(=O)c2ccc(N3CCCCS3(=O)=O)cc2Cl)C1. The Morgan fingerprint density at radius 1 is 1.21 bits per heavy atom. The fraction of sp³-hybridized carbons (Fsp3) is 0.588. The Bertz CT molecular complexity index is 735. The molecule has 5 nitrogen and oxygen atoms in total. The Kier molecular flexibility index (Phi) is 5.06. The number of piperidine rings is 1. The Labute approximate surface area is 148 Å². The van der Waals surface area contributed by atoms with Gasteiger partial charge >= 0.3 is 0 Å². The Balaban J connectivity index is 1.83. The maximum Gasteiger partial charge on any atom is 0.255 e. The van der Waals surface area contributed by atoms with E-state index in [9.17, 15) is 13.2 Å². The van der Waals surface area contributed by atoms with E-state index in [1.807, 2.05) is 4.90 Å². The van der Waals surface area contributed by atoms with Crippen LogP contribution in [0.1, 0.15) is 43.0 Å². The van der Waals surface area contributed by atoms with Gasteiger partial charge in [-0.1, -0.05) is 18.5 Å². The van der Waals surface area contributed by atoms with Crippen molar-refractivity contribution in [2.45, 2.75) is 32.6 Å². The van der Waals surface area contributed by atoms with E-state index in [0.29, 0.717) is 35.2 Å². The lowest BCUT2D eigenvalue weighted by atomic mass is 9.99. The van der Waals surface area contributed by atoms with Crippen LogP contribution in [-0.2, 0) is 10.0 Å². The molecular weight excluding hydrogens is 348 g/mol. The van der Waals surface area contributed by atoms with E-state index in [2.05, 4.69) is 6.92 Å². The summed E-state index contributed by atoms with van der Waals surface area (Å²) in [5.74, 6) is 0.593. The van der Waals surface area contributed by atoms with Gasteiger partial charge < -0.3 is 4.90 Å². The molecule has 1 amide bonds. The number of amides is 1. The quantitative estimate of drug-likeness (QED) is 0.803. The lowest BCUT2D eigenvalue weighted by molar-refractivity contribution is 0.0683. The average Bonchev–Trinajstić information content (AvgIpc) is 2.54. The Morgan fingerprint density at radius 2 is 2.00 bits per heavy atom. The molecule has 2 saturated heterocycles. The van der Waals surface area contributed by atoms with Crippen LogP contribution in [0.15, 0.2) is 18.2 Å². The highest BCUT2D eigenvalue weighted by Gasteiger charge is 2.28. The normalized spacial score (nSPS) is 24.0. The standard InChI is InChI=1S/C17H23ClN2O3S/c1-13-5-4-8-19(12-13)17(21)15-7-6-14(11-16(15)18)20-9-2-3-10-24(20,22)23/h6-7,11,13H,2-5,8-10,12H2,1H3. The van der Waals surface area contributed by atoms with Crippen LogP contribution in [0.4, 0.5) is 5.69 Å². The average molecular weight is 371 g/mol. The van der Waals surface area contributed by atoms with Crippen LogP contribution in [0.25, 0.3) is 0 Å². The molecule has 1 unspecified atom stereocenters. The largest absolute Gasteiger partial charge is 0.338 e. The number of carbonyl (C=O) groups is 1. The third kappa shape index (κ3) is 3.54. The first-order valence-electron chi connectivity index (χ1n) is 8.48. The number of anilines is 1. The van der Waals surface area contributed by atoms with E-state index in [4.69, 9.17) is 11.6 Å². The molecule has 2 aliphatic heterocycles. The molecule has 3 rings (SSSR count). The number of sulfonamides is 1. The summed E-state index contributed by atoms with van der Waals surface area (Å²) in [6.45, 7) is 4.11. The first-order valence-corrected chi connectivity index (χ1v) is 10.5. The predicted octanol–water partition coefficient (Wildman–Crippen LogP) is 3.14. The van der Waals surface area contributed by atoms with Crippen molar-refractivity contribution in [3.63, 3.8) is 0 Å². The van der Waals surface area contributed by atoms with Crippen LogP contribution in [0.3, 0.4) is 0 Å². The van der Waals surface area contributed by atoms with Crippen molar-refractivity contribution < 1.29 is 13.2 Å². The van der Waals surface area contributed by atoms with Crippen molar-refractivity contribution in [3.05, 3.63) is 28.8 Å². The summed E-state index contributed by atoms with van der Waals surface area (Å²) in [7, 11) is -3.27. The summed E-state index contributed by atoms with van der Waals surface area (Å²) in [5, 5.41) is 0.316. The van der Waals surface area contributed by atoms with Gasteiger partial charge in [0.15, 0.2) is 0 Å². The van der Waals surface area contributed by atoms with Gasteiger partial charge in [-0.2, -0.15) is 0 Å². The lowest BCUT2D eigenvalue weighted by Gasteiger charge is -2.31. The van der Waals surface area contributed by atoms with Crippen molar-refractivity contribution in [1.29, 1.82) is 0 Å². The number of benzene rings is 1. The van der Waals surface area contributed by atoms with Gasteiger partial charge in [0.1, 0.15) is 0 Å². The van der Waals surface area contributed by atoms with Crippen LogP contribution in [0, 0.1) is 5.92 Å². The molecule has 0 aliphatic carbocycles. The maximum absolute atomic E-state index is 12.7. The molecule has 1 aromatic rings. The number of rotatable bonds is 2. The summed E-state index contributed by atoms with van der Waals surface area (Å²) in [5.41, 5.74) is 0.993. The number of halogens is 1. The van der Waals surface area contributed by atoms with Gasteiger partial charge in [0.05, 0.1) is 22.0 Å². The zero-order valence-corrected chi connectivity index (χ0v) is 15.4. The molecule has 0 N–H and O–H groups in total. The first-order chi connectivity index (χ1) is 11.4. The molecule has 132 valence electrons. The highest BCUT2D eigenvalue weighted by atomic mass is 35.5. The summed E-state index contributed by atoms with van der Waals surface area (Å²) < 4.78 is 25.8. The number of carbonyl (C=O) groups excluding carboxylic acids is 1. The molecule has 1 aromatic carbocycles. The van der Waals surface area contributed by atoms with Gasteiger partial charge in [0.25, 0.3) is 5.91 Å². The second-order valence-corrected chi connectivity index (χ2v) is 9.18. The van der Waals surface area contributed by atoms with Gasteiger partial charge in [0.2, 0.25) is 10.0 Å². The molecule has 2 aliphatic rings. The Morgan fingerprint density at radius 3 is 2.67 bits per heavy atom. The molecule has 0 bridgehead atoms. The number of nitrogens with zero attached hydrogens (tertiary/aromatic N) is 2. The highest BCUT2D eigenvalue weighted by Crippen LogP contribution is 2.29. The van der Waals surface area contributed by atoms with Gasteiger partial charge in [0, 0.05) is 19.6 Å². The van der Waals surface area contributed by atoms with Crippen molar-refractivity contribution >= 4 is 33.2 Å². The third-order valence-electron chi connectivity index (χ3n) is 4.76. The van der Waals surface area contributed by atoms with Crippen molar-refractivity contribution in [2.75, 3.05) is 29.7 Å². The van der Waals surface area contributed by atoms with Crippen molar-refractivity contribution in [2.24, 2.45) is 5.92 Å². The molecular formula is C17H23ClN2O3S. The monoisotopic (exact) mass is 370 g/mol. The van der Waals surface area contributed by atoms with E-state index in [1.54, 1.807) is 18.2 Å². The second-order valence-electron chi connectivity index (χ2n) is 6.76. The lowest BCUT2D eigenvalue weighted by Crippen LogP contribution is -2.39. The highest BCUT2D eigenvalue weighted by molar-refractivity contribution is 7.92. The molecule has 24 heavy (non-hydrogen) atoms. The predicted molar refractivity (Wildman–Crippen MR) is 96.1 cm³/mol. The third-order valence-corrected chi connectivity index (χ3v) is 6.95. The summed E-state index contributed by atoms with van der Waals surface area (Å²) in [6, 6.07) is 4.95. The van der Waals surface area contributed by atoms with Crippen LogP contribution in [0.2, 0.25) is 5.02 Å². The van der Waals surface area contributed by atoms with Gasteiger partial charge in [-0.3, -0.25) is 9.10 Å². The molecule has 7 heteroatoms. The minimum absolute atomic E-state index is 0.0698. The maximum atomic E-state index is 12.7. The molecule has 0 spiro atoms. The van der Waals surface area contributed by atoms with Gasteiger partial charge in [-0.25, -0.2) is 8.42 Å². The molecule has 1 atom stereocenters. The van der Waals surface area contributed by atoms with E-state index in [0.717, 1.165) is 32.4 Å². The van der Waals surface area contributed by atoms with Crippen LogP contribution < -0.4 is 4.31 Å². The number of hydrogen-bond donors (Lipinski definition) is 0. The number of hydrogen-bond acceptors (Lipinski definition) is 3. The fourth-order valence-corrected chi connectivity index (χ4v) is 5.34. The van der Waals surface area contributed by atoms with Crippen molar-refractivity contribution in [3.8, 4) is 0 Å². The van der Waals surface area contributed by atoms with Gasteiger partial charge in [-0.05, 0) is 49.8 Å². The van der Waals surface area contributed by atoms with Crippen LogP contribution in [-0.4, -0.2) is 44.6 Å². The zero-order valence-electron chi connectivity index (χ0n) is 13.9. The van der Waals surface area contributed by atoms with E-state index < -0.39 is 10.0 Å². The first kappa shape index (κ1) is 17.5. The molecule has 0 saturated carbocycles. The van der Waals surface area contributed by atoms with E-state index in [-0.39, 0.29) is 11.7 Å². The second kappa shape index (κ2) is 6.92. The van der Waals surface area contributed by atoms with Crippen LogP contribution >= 0.6 is 11.6 Å². The van der Waals surface area contributed by atoms with Crippen molar-refractivity contribution in [1.82, 2.24) is 4.90 Å². The van der Waals surface area contributed by atoms with Crippen LogP contribution in [0.5, 0.6) is 0 Å². The fourth-order valence-electron chi connectivity index (χ4n) is 3.46. The summed E-state index contributed by atoms with van der Waals surface area (Å²) in [6.07, 6.45) is 3.68. The minimum atomic E-state index is -3.27. The molecule has 2 fully saturated rings.